The Labute approximate surface area is 124 Å². The van der Waals surface area contributed by atoms with Crippen LogP contribution in [0.4, 0.5) is 11.4 Å². The number of hydrogen-bond acceptors (Lipinski definition) is 5. The fourth-order valence-electron chi connectivity index (χ4n) is 1.82. The van der Waals surface area contributed by atoms with Crippen LogP contribution in [-0.2, 0) is 6.54 Å². The number of aromatic nitrogens is 2. The molecule has 2 aromatic rings. The lowest BCUT2D eigenvalue weighted by Gasteiger charge is -2.03. The molecule has 0 spiro atoms. The topological polar surface area (TPSA) is 104 Å². The van der Waals surface area contributed by atoms with Gasteiger partial charge in [-0.25, -0.2) is 0 Å². The third-order valence-electron chi connectivity index (χ3n) is 2.92. The third kappa shape index (κ3) is 3.34. The minimum absolute atomic E-state index is 0.137. The minimum Gasteiger partial charge on any atom is -0.268 e. The van der Waals surface area contributed by atoms with E-state index < -0.39 is 9.85 Å². The molecule has 1 atom stereocenters. The smallest absolute Gasteiger partial charge is 0.268 e. The number of halogens is 1. The van der Waals surface area contributed by atoms with Gasteiger partial charge in [-0.1, -0.05) is 0 Å². The Morgan fingerprint density at radius 3 is 2.57 bits per heavy atom. The molecule has 8 nitrogen and oxygen atoms in total. The van der Waals surface area contributed by atoms with Gasteiger partial charge in [0.15, 0.2) is 0 Å². The SMILES string of the molecule is CC(Cl)c1cnn(Cc2ccc([N+](=O)[O-])cc2[N+](=O)[O-])c1. The summed E-state index contributed by atoms with van der Waals surface area (Å²) in [7, 11) is 0. The van der Waals surface area contributed by atoms with Gasteiger partial charge in [-0.2, -0.15) is 5.10 Å². The predicted molar refractivity (Wildman–Crippen MR) is 75.3 cm³/mol. The average molecular weight is 311 g/mol. The van der Waals surface area contributed by atoms with Crippen LogP contribution in [0.2, 0.25) is 0 Å². The maximum Gasteiger partial charge on any atom is 0.281 e. The summed E-state index contributed by atoms with van der Waals surface area (Å²) in [6, 6.07) is 3.54. The Morgan fingerprint density at radius 2 is 2.05 bits per heavy atom. The molecule has 1 aromatic heterocycles. The molecular formula is C12H11ClN4O4. The summed E-state index contributed by atoms with van der Waals surface area (Å²) in [5, 5.41) is 25.6. The third-order valence-corrected chi connectivity index (χ3v) is 3.17. The van der Waals surface area contributed by atoms with Gasteiger partial charge in [-0.05, 0) is 13.0 Å². The van der Waals surface area contributed by atoms with E-state index >= 15 is 0 Å². The molecule has 1 heterocycles. The molecular weight excluding hydrogens is 300 g/mol. The van der Waals surface area contributed by atoms with Crippen LogP contribution < -0.4 is 0 Å². The number of alkyl halides is 1. The van der Waals surface area contributed by atoms with Crippen molar-refractivity contribution in [1.82, 2.24) is 9.78 Å². The van der Waals surface area contributed by atoms with Gasteiger partial charge in [0.05, 0.1) is 39.6 Å². The summed E-state index contributed by atoms with van der Waals surface area (Å²) < 4.78 is 1.50. The predicted octanol–water partition coefficient (Wildman–Crippen LogP) is 3.05. The highest BCUT2D eigenvalue weighted by Gasteiger charge is 2.19. The van der Waals surface area contributed by atoms with Crippen molar-refractivity contribution in [3.05, 3.63) is 61.9 Å². The van der Waals surface area contributed by atoms with Crippen molar-refractivity contribution in [3.8, 4) is 0 Å². The van der Waals surface area contributed by atoms with Crippen LogP contribution in [0.25, 0.3) is 0 Å². The molecule has 9 heteroatoms. The van der Waals surface area contributed by atoms with Crippen molar-refractivity contribution in [2.75, 3.05) is 0 Å². The summed E-state index contributed by atoms with van der Waals surface area (Å²) in [5.41, 5.74) is 0.505. The highest BCUT2D eigenvalue weighted by molar-refractivity contribution is 6.20. The van der Waals surface area contributed by atoms with E-state index in [0.29, 0.717) is 5.56 Å². The second kappa shape index (κ2) is 5.88. The molecule has 0 saturated carbocycles. The molecule has 0 N–H and O–H groups in total. The largest absolute Gasteiger partial charge is 0.281 e. The van der Waals surface area contributed by atoms with Crippen LogP contribution in [0.1, 0.15) is 23.4 Å². The van der Waals surface area contributed by atoms with E-state index in [9.17, 15) is 20.2 Å². The van der Waals surface area contributed by atoms with E-state index in [1.54, 1.807) is 19.3 Å². The van der Waals surface area contributed by atoms with Gasteiger partial charge in [-0.15, -0.1) is 11.6 Å². The van der Waals surface area contributed by atoms with Gasteiger partial charge in [0.1, 0.15) is 0 Å². The molecule has 0 fully saturated rings. The van der Waals surface area contributed by atoms with Crippen molar-refractivity contribution >= 4 is 23.0 Å². The fourth-order valence-corrected chi connectivity index (χ4v) is 1.93. The lowest BCUT2D eigenvalue weighted by atomic mass is 10.1. The first kappa shape index (κ1) is 14.9. The molecule has 21 heavy (non-hydrogen) atoms. The van der Waals surface area contributed by atoms with E-state index in [2.05, 4.69) is 5.10 Å². The van der Waals surface area contributed by atoms with Crippen molar-refractivity contribution in [1.29, 1.82) is 0 Å². The molecule has 0 saturated heterocycles. The van der Waals surface area contributed by atoms with E-state index in [1.165, 1.54) is 16.8 Å². The van der Waals surface area contributed by atoms with Gasteiger partial charge in [0, 0.05) is 17.8 Å². The lowest BCUT2D eigenvalue weighted by molar-refractivity contribution is -0.394. The maximum atomic E-state index is 11.0. The summed E-state index contributed by atoms with van der Waals surface area (Å²) in [5.74, 6) is 0. The van der Waals surface area contributed by atoms with Crippen LogP contribution in [0, 0.1) is 20.2 Å². The van der Waals surface area contributed by atoms with Gasteiger partial charge < -0.3 is 0 Å². The van der Waals surface area contributed by atoms with E-state index in [1.807, 2.05) is 0 Å². The molecule has 1 aromatic carbocycles. The molecule has 0 amide bonds. The number of hydrogen-bond donors (Lipinski definition) is 0. The van der Waals surface area contributed by atoms with Crippen LogP contribution in [-0.4, -0.2) is 19.6 Å². The Hall–Kier alpha value is -2.48. The molecule has 0 aliphatic heterocycles. The number of nitro groups is 2. The van der Waals surface area contributed by atoms with Gasteiger partial charge in [0.25, 0.3) is 11.4 Å². The standard InChI is InChI=1S/C12H11ClN4O4/c1-8(13)10-5-14-15(7-10)6-9-2-3-11(16(18)19)4-12(9)17(20)21/h2-5,7-8H,6H2,1H3. The second-order valence-electron chi connectivity index (χ2n) is 4.41. The first-order chi connectivity index (χ1) is 9.88. The van der Waals surface area contributed by atoms with Crippen LogP contribution in [0.15, 0.2) is 30.6 Å². The summed E-state index contributed by atoms with van der Waals surface area (Å²) in [6.07, 6.45) is 3.26. The normalized spacial score (nSPS) is 12.1. The molecule has 0 aliphatic carbocycles. The molecule has 2 rings (SSSR count). The highest BCUT2D eigenvalue weighted by atomic mass is 35.5. The summed E-state index contributed by atoms with van der Waals surface area (Å²) in [4.78, 5) is 20.4. The zero-order valence-electron chi connectivity index (χ0n) is 11.0. The van der Waals surface area contributed by atoms with Gasteiger partial charge in [0.2, 0.25) is 0 Å². The highest BCUT2D eigenvalue weighted by Crippen LogP contribution is 2.26. The summed E-state index contributed by atoms with van der Waals surface area (Å²) in [6.45, 7) is 1.93. The number of nitro benzene ring substituents is 2. The Bertz CT molecular complexity index is 698. The molecule has 0 aliphatic rings. The quantitative estimate of drug-likeness (QED) is 0.479. The number of benzene rings is 1. The van der Waals surface area contributed by atoms with Crippen molar-refractivity contribution in [3.63, 3.8) is 0 Å². The molecule has 0 radical (unpaired) electrons. The van der Waals surface area contributed by atoms with Gasteiger partial charge in [-0.3, -0.25) is 24.9 Å². The van der Waals surface area contributed by atoms with Crippen LogP contribution in [0.5, 0.6) is 0 Å². The number of rotatable bonds is 5. The first-order valence-corrected chi connectivity index (χ1v) is 6.40. The lowest BCUT2D eigenvalue weighted by Crippen LogP contribution is -2.04. The molecule has 1 unspecified atom stereocenters. The van der Waals surface area contributed by atoms with E-state index in [0.717, 1.165) is 11.6 Å². The van der Waals surface area contributed by atoms with Crippen LogP contribution >= 0.6 is 11.6 Å². The number of non-ortho nitro benzene ring substituents is 1. The van der Waals surface area contributed by atoms with E-state index in [4.69, 9.17) is 11.6 Å². The maximum absolute atomic E-state index is 11.0. The van der Waals surface area contributed by atoms with Crippen molar-refractivity contribution < 1.29 is 9.85 Å². The Balaban J connectivity index is 2.34. The summed E-state index contributed by atoms with van der Waals surface area (Å²) >= 11 is 5.92. The average Bonchev–Trinajstić information content (AvgIpc) is 2.87. The Kier molecular flexibility index (Phi) is 4.18. The minimum atomic E-state index is -0.669. The fraction of sp³-hybridized carbons (Fsp3) is 0.250. The Morgan fingerprint density at radius 1 is 1.33 bits per heavy atom. The molecule has 0 bridgehead atoms. The van der Waals surface area contributed by atoms with Gasteiger partial charge >= 0.3 is 0 Å². The first-order valence-electron chi connectivity index (χ1n) is 5.96. The number of nitrogens with zero attached hydrogens (tertiary/aromatic N) is 4. The molecule has 110 valence electrons. The second-order valence-corrected chi connectivity index (χ2v) is 5.07. The van der Waals surface area contributed by atoms with Crippen molar-refractivity contribution in [2.24, 2.45) is 0 Å². The zero-order chi connectivity index (χ0) is 15.6. The van der Waals surface area contributed by atoms with Crippen molar-refractivity contribution in [2.45, 2.75) is 18.8 Å². The van der Waals surface area contributed by atoms with E-state index in [-0.39, 0.29) is 23.3 Å². The van der Waals surface area contributed by atoms with Crippen LogP contribution in [0.3, 0.4) is 0 Å². The zero-order valence-corrected chi connectivity index (χ0v) is 11.7. The monoisotopic (exact) mass is 310 g/mol.